The molecule has 0 N–H and O–H groups in total. The van der Waals surface area contributed by atoms with Crippen molar-refractivity contribution >= 4 is 0 Å². The van der Waals surface area contributed by atoms with Crippen molar-refractivity contribution in [3.05, 3.63) is 24.3 Å². The van der Waals surface area contributed by atoms with Gasteiger partial charge in [0.2, 0.25) is 0 Å². The fourth-order valence-electron chi connectivity index (χ4n) is 2.63. The molecule has 13 heavy (non-hydrogen) atoms. The second-order valence-corrected chi connectivity index (χ2v) is 4.45. The predicted molar refractivity (Wildman–Crippen MR) is 57.6 cm³/mol. The first-order chi connectivity index (χ1) is 6.47. The number of hydrogen-bond donors (Lipinski definition) is 0. The van der Waals surface area contributed by atoms with E-state index in [1.807, 2.05) is 0 Å². The van der Waals surface area contributed by atoms with Gasteiger partial charge >= 0.3 is 0 Å². The Bertz CT molecular complexity index is 192. The second-order valence-electron chi connectivity index (χ2n) is 4.45. The van der Waals surface area contributed by atoms with E-state index in [4.69, 9.17) is 0 Å². The topological polar surface area (TPSA) is 0 Å². The van der Waals surface area contributed by atoms with Gasteiger partial charge in [0.1, 0.15) is 0 Å². The average molecular weight is 176 g/mol. The second kappa shape index (κ2) is 4.64. The van der Waals surface area contributed by atoms with Crippen LogP contribution in [-0.4, -0.2) is 0 Å². The van der Waals surface area contributed by atoms with Gasteiger partial charge in [-0.1, -0.05) is 30.7 Å². The minimum absolute atomic E-state index is 0.975. The van der Waals surface area contributed by atoms with E-state index in [0.29, 0.717) is 0 Å². The van der Waals surface area contributed by atoms with Crippen LogP contribution in [-0.2, 0) is 0 Å². The third-order valence-electron chi connectivity index (χ3n) is 3.51. The molecule has 0 aromatic carbocycles. The van der Waals surface area contributed by atoms with Crippen molar-refractivity contribution < 1.29 is 0 Å². The van der Waals surface area contributed by atoms with Gasteiger partial charge in [-0.05, 0) is 50.4 Å². The minimum Gasteiger partial charge on any atom is -0.0885 e. The summed E-state index contributed by atoms with van der Waals surface area (Å²) in [6, 6.07) is 0. The summed E-state index contributed by atoms with van der Waals surface area (Å²) in [5, 5.41) is 0. The molecular formula is C13H20. The summed E-state index contributed by atoms with van der Waals surface area (Å²) in [5.74, 6) is 1.95. The molecule has 0 nitrogen and oxygen atoms in total. The highest BCUT2D eigenvalue weighted by molar-refractivity contribution is 4.98. The molecule has 2 aliphatic rings. The summed E-state index contributed by atoms with van der Waals surface area (Å²) in [6.07, 6.45) is 19.2. The molecule has 0 aromatic rings. The molecule has 1 unspecified atom stereocenters. The molecule has 1 atom stereocenters. The zero-order chi connectivity index (χ0) is 8.93. The Kier molecular flexibility index (Phi) is 3.23. The van der Waals surface area contributed by atoms with Crippen LogP contribution in [0.3, 0.4) is 0 Å². The van der Waals surface area contributed by atoms with Crippen molar-refractivity contribution in [3.63, 3.8) is 0 Å². The Morgan fingerprint density at radius 3 is 2.23 bits per heavy atom. The maximum Gasteiger partial charge on any atom is -0.0314 e. The van der Waals surface area contributed by atoms with Gasteiger partial charge < -0.3 is 0 Å². The lowest BCUT2D eigenvalue weighted by atomic mass is 9.82. The van der Waals surface area contributed by atoms with Gasteiger partial charge in [0.05, 0.1) is 0 Å². The first kappa shape index (κ1) is 9.05. The van der Waals surface area contributed by atoms with Crippen LogP contribution >= 0.6 is 0 Å². The number of hydrogen-bond acceptors (Lipinski definition) is 0. The summed E-state index contributed by atoms with van der Waals surface area (Å²) >= 11 is 0. The molecule has 0 aromatic heterocycles. The lowest BCUT2D eigenvalue weighted by molar-refractivity contribution is 0.317. The quantitative estimate of drug-likeness (QED) is 0.528. The van der Waals surface area contributed by atoms with Crippen molar-refractivity contribution in [1.82, 2.24) is 0 Å². The van der Waals surface area contributed by atoms with Crippen molar-refractivity contribution in [2.24, 2.45) is 11.8 Å². The van der Waals surface area contributed by atoms with Gasteiger partial charge in [-0.3, -0.25) is 0 Å². The highest BCUT2D eigenvalue weighted by Gasteiger charge is 2.21. The van der Waals surface area contributed by atoms with Crippen molar-refractivity contribution in [3.8, 4) is 0 Å². The highest BCUT2D eigenvalue weighted by atomic mass is 14.3. The summed E-state index contributed by atoms with van der Waals surface area (Å²) < 4.78 is 0. The standard InChI is InChI=1S/C13H20/c1-2-4-8-12(9-5-3-1)13-10-6-7-11-13/h2,4,6-7,12-13H,1,3,5,8-11H2/b4-2-. The fourth-order valence-corrected chi connectivity index (χ4v) is 2.63. The van der Waals surface area contributed by atoms with E-state index >= 15 is 0 Å². The van der Waals surface area contributed by atoms with Crippen molar-refractivity contribution in [2.75, 3.05) is 0 Å². The molecule has 0 spiro atoms. The Hall–Kier alpha value is -0.520. The van der Waals surface area contributed by atoms with Crippen LogP contribution in [0.15, 0.2) is 24.3 Å². The normalized spacial score (nSPS) is 32.8. The average Bonchev–Trinajstić information content (AvgIpc) is 2.55. The van der Waals surface area contributed by atoms with Gasteiger partial charge in [0.25, 0.3) is 0 Å². The monoisotopic (exact) mass is 176 g/mol. The van der Waals surface area contributed by atoms with E-state index < -0.39 is 0 Å². The molecule has 0 saturated heterocycles. The molecule has 0 saturated carbocycles. The first-order valence-corrected chi connectivity index (χ1v) is 5.77. The van der Waals surface area contributed by atoms with Crippen LogP contribution in [0.5, 0.6) is 0 Å². The third kappa shape index (κ3) is 2.46. The predicted octanol–water partition coefficient (Wildman–Crippen LogP) is 4.09. The Morgan fingerprint density at radius 2 is 1.38 bits per heavy atom. The van der Waals surface area contributed by atoms with Crippen molar-refractivity contribution in [1.29, 1.82) is 0 Å². The fraction of sp³-hybridized carbons (Fsp3) is 0.692. The first-order valence-electron chi connectivity index (χ1n) is 5.77. The van der Waals surface area contributed by atoms with E-state index in [2.05, 4.69) is 24.3 Å². The molecule has 0 fully saturated rings. The molecule has 72 valence electrons. The molecule has 0 heteroatoms. The molecule has 2 rings (SSSR count). The Labute approximate surface area is 81.7 Å². The zero-order valence-corrected chi connectivity index (χ0v) is 8.41. The third-order valence-corrected chi connectivity index (χ3v) is 3.51. The van der Waals surface area contributed by atoms with Gasteiger partial charge in [0, 0.05) is 0 Å². The summed E-state index contributed by atoms with van der Waals surface area (Å²) in [7, 11) is 0. The zero-order valence-electron chi connectivity index (χ0n) is 8.41. The van der Waals surface area contributed by atoms with Gasteiger partial charge in [0.15, 0.2) is 0 Å². The Morgan fingerprint density at radius 1 is 0.692 bits per heavy atom. The number of rotatable bonds is 1. The van der Waals surface area contributed by atoms with E-state index in [1.165, 1.54) is 44.9 Å². The van der Waals surface area contributed by atoms with Crippen LogP contribution in [0.1, 0.15) is 44.9 Å². The maximum absolute atomic E-state index is 2.42. The van der Waals surface area contributed by atoms with Crippen LogP contribution in [0.25, 0.3) is 0 Å². The molecule has 0 radical (unpaired) electrons. The SMILES string of the molecule is C1=CCC(C2C/C=C\CCCC2)C1. The van der Waals surface area contributed by atoms with Crippen LogP contribution in [0.2, 0.25) is 0 Å². The summed E-state index contributed by atoms with van der Waals surface area (Å²) in [4.78, 5) is 0. The van der Waals surface area contributed by atoms with Crippen molar-refractivity contribution in [2.45, 2.75) is 44.9 Å². The smallest absolute Gasteiger partial charge is 0.0314 e. The van der Waals surface area contributed by atoms with E-state index in [1.54, 1.807) is 0 Å². The lowest BCUT2D eigenvalue weighted by Gasteiger charge is -2.23. The molecule has 0 aliphatic heterocycles. The highest BCUT2D eigenvalue weighted by Crippen LogP contribution is 2.33. The molecule has 2 aliphatic carbocycles. The lowest BCUT2D eigenvalue weighted by Crippen LogP contribution is -2.12. The minimum atomic E-state index is 0.975. The maximum atomic E-state index is 2.42. The van der Waals surface area contributed by atoms with Gasteiger partial charge in [-0.25, -0.2) is 0 Å². The molecule has 0 amide bonds. The molecule has 0 bridgehead atoms. The van der Waals surface area contributed by atoms with Gasteiger partial charge in [-0.2, -0.15) is 0 Å². The van der Waals surface area contributed by atoms with Crippen LogP contribution < -0.4 is 0 Å². The van der Waals surface area contributed by atoms with Gasteiger partial charge in [-0.15, -0.1) is 0 Å². The largest absolute Gasteiger partial charge is 0.0885 e. The van der Waals surface area contributed by atoms with E-state index in [0.717, 1.165) is 11.8 Å². The number of allylic oxidation sites excluding steroid dienone is 4. The van der Waals surface area contributed by atoms with E-state index in [9.17, 15) is 0 Å². The molecule has 0 heterocycles. The molecular weight excluding hydrogens is 156 g/mol. The Balaban J connectivity index is 1.88. The van der Waals surface area contributed by atoms with Crippen LogP contribution in [0, 0.1) is 11.8 Å². The summed E-state index contributed by atoms with van der Waals surface area (Å²) in [6.45, 7) is 0. The van der Waals surface area contributed by atoms with Crippen LogP contribution in [0.4, 0.5) is 0 Å². The van der Waals surface area contributed by atoms with E-state index in [-0.39, 0.29) is 0 Å². The summed E-state index contributed by atoms with van der Waals surface area (Å²) in [5.41, 5.74) is 0.